The van der Waals surface area contributed by atoms with Gasteiger partial charge in [0.05, 0.1) is 6.10 Å². The van der Waals surface area contributed by atoms with Crippen molar-refractivity contribution < 1.29 is 14.6 Å². The molecule has 15 heavy (non-hydrogen) atoms. The third kappa shape index (κ3) is 5.02. The number of aliphatic hydroxyl groups excluding tert-OH is 1. The van der Waals surface area contributed by atoms with Gasteiger partial charge in [-0.05, 0) is 40.0 Å². The molecule has 0 spiro atoms. The zero-order valence-electron chi connectivity index (χ0n) is 9.75. The monoisotopic (exact) mass is 215 g/mol. The predicted octanol–water partition coefficient (Wildman–Crippen LogP) is 1.81. The average molecular weight is 215 g/mol. The Morgan fingerprint density at radius 2 is 2.07 bits per heavy atom. The van der Waals surface area contributed by atoms with Crippen LogP contribution in [0.3, 0.4) is 0 Å². The van der Waals surface area contributed by atoms with Gasteiger partial charge in [-0.15, -0.1) is 0 Å². The summed E-state index contributed by atoms with van der Waals surface area (Å²) in [5.41, 5.74) is -0.273. The minimum absolute atomic E-state index is 0.129. The number of carbonyl (C=O) groups is 1. The van der Waals surface area contributed by atoms with Crippen LogP contribution < -0.4 is 5.32 Å². The number of amides is 1. The lowest BCUT2D eigenvalue weighted by Crippen LogP contribution is -2.43. The third-order valence-corrected chi connectivity index (χ3v) is 2.35. The molecule has 1 aliphatic rings. The number of nitrogens with one attached hydrogen (secondary N) is 1. The zero-order chi connectivity index (χ0) is 11.5. The first-order valence-electron chi connectivity index (χ1n) is 5.54. The van der Waals surface area contributed by atoms with Crippen LogP contribution in [-0.4, -0.2) is 28.9 Å². The van der Waals surface area contributed by atoms with Crippen LogP contribution in [0.1, 0.15) is 46.5 Å². The molecule has 1 rings (SSSR count). The van der Waals surface area contributed by atoms with E-state index in [0.29, 0.717) is 6.42 Å². The summed E-state index contributed by atoms with van der Waals surface area (Å²) in [4.78, 5) is 11.4. The fourth-order valence-electron chi connectivity index (χ4n) is 1.71. The molecule has 0 unspecified atom stereocenters. The Hall–Kier alpha value is -0.770. The van der Waals surface area contributed by atoms with Crippen molar-refractivity contribution in [2.45, 2.75) is 64.2 Å². The van der Waals surface area contributed by atoms with Crippen molar-refractivity contribution in [2.75, 3.05) is 0 Å². The summed E-state index contributed by atoms with van der Waals surface area (Å²) in [7, 11) is 0. The number of hydrogen-bond acceptors (Lipinski definition) is 3. The van der Waals surface area contributed by atoms with E-state index in [2.05, 4.69) is 5.32 Å². The minimum Gasteiger partial charge on any atom is -0.446 e. The molecule has 1 saturated carbocycles. The van der Waals surface area contributed by atoms with Crippen LogP contribution >= 0.6 is 0 Å². The summed E-state index contributed by atoms with van der Waals surface area (Å²) < 4.78 is 5.23. The van der Waals surface area contributed by atoms with Crippen molar-refractivity contribution in [2.24, 2.45) is 0 Å². The second-order valence-electron chi connectivity index (χ2n) is 5.22. The van der Waals surface area contributed by atoms with Crippen LogP contribution in [0.25, 0.3) is 0 Å². The van der Waals surface area contributed by atoms with E-state index in [1.807, 2.05) is 20.8 Å². The van der Waals surface area contributed by atoms with Gasteiger partial charge < -0.3 is 15.2 Å². The van der Waals surface area contributed by atoms with Gasteiger partial charge in [-0.2, -0.15) is 0 Å². The van der Waals surface area contributed by atoms with E-state index in [-0.39, 0.29) is 23.8 Å². The van der Waals surface area contributed by atoms with Gasteiger partial charge in [0.1, 0.15) is 6.10 Å². The molecular weight excluding hydrogens is 194 g/mol. The van der Waals surface area contributed by atoms with Gasteiger partial charge in [0.2, 0.25) is 0 Å². The molecule has 0 saturated heterocycles. The zero-order valence-corrected chi connectivity index (χ0v) is 9.75. The van der Waals surface area contributed by atoms with E-state index < -0.39 is 0 Å². The molecule has 0 aliphatic heterocycles. The van der Waals surface area contributed by atoms with E-state index in [1.54, 1.807) is 0 Å². The van der Waals surface area contributed by atoms with Crippen molar-refractivity contribution in [3.63, 3.8) is 0 Å². The van der Waals surface area contributed by atoms with Crippen molar-refractivity contribution in [3.05, 3.63) is 0 Å². The van der Waals surface area contributed by atoms with E-state index in [0.717, 1.165) is 19.3 Å². The number of hydrogen-bond donors (Lipinski definition) is 2. The van der Waals surface area contributed by atoms with Crippen LogP contribution in [0, 0.1) is 0 Å². The highest BCUT2D eigenvalue weighted by atomic mass is 16.6. The molecule has 0 radical (unpaired) electrons. The van der Waals surface area contributed by atoms with E-state index in [4.69, 9.17) is 4.74 Å². The van der Waals surface area contributed by atoms with Crippen LogP contribution in [0.15, 0.2) is 0 Å². The van der Waals surface area contributed by atoms with Crippen molar-refractivity contribution in [1.82, 2.24) is 5.32 Å². The molecule has 1 fully saturated rings. The topological polar surface area (TPSA) is 58.6 Å². The Labute approximate surface area is 91.0 Å². The Morgan fingerprint density at radius 1 is 1.40 bits per heavy atom. The van der Waals surface area contributed by atoms with Gasteiger partial charge in [-0.3, -0.25) is 0 Å². The molecule has 2 atom stereocenters. The van der Waals surface area contributed by atoms with Crippen molar-refractivity contribution in [3.8, 4) is 0 Å². The fourth-order valence-corrected chi connectivity index (χ4v) is 1.71. The molecule has 1 amide bonds. The molecule has 0 aromatic carbocycles. The van der Waals surface area contributed by atoms with Gasteiger partial charge >= 0.3 is 6.09 Å². The average Bonchev–Trinajstić information content (AvgIpc) is 1.99. The maximum atomic E-state index is 11.4. The van der Waals surface area contributed by atoms with E-state index in [1.165, 1.54) is 0 Å². The number of alkyl carbamates (subject to hydrolysis) is 1. The Bertz CT molecular complexity index is 222. The summed E-state index contributed by atoms with van der Waals surface area (Å²) in [6.45, 7) is 5.72. The smallest absolute Gasteiger partial charge is 0.407 e. The van der Waals surface area contributed by atoms with Gasteiger partial charge in [-0.1, -0.05) is 0 Å². The molecule has 4 heteroatoms. The first-order chi connectivity index (χ1) is 6.87. The van der Waals surface area contributed by atoms with Gasteiger partial charge in [0.25, 0.3) is 0 Å². The van der Waals surface area contributed by atoms with Crippen LogP contribution in [0.2, 0.25) is 0 Å². The molecule has 0 aromatic rings. The lowest BCUT2D eigenvalue weighted by atomic mass is 9.95. The van der Waals surface area contributed by atoms with Crippen LogP contribution in [0.5, 0.6) is 0 Å². The largest absolute Gasteiger partial charge is 0.446 e. The summed E-state index contributed by atoms with van der Waals surface area (Å²) >= 11 is 0. The summed E-state index contributed by atoms with van der Waals surface area (Å²) in [5, 5.41) is 12.2. The molecule has 88 valence electrons. The Balaban J connectivity index is 2.31. The molecule has 0 heterocycles. The standard InChI is InChI=1S/C11H21NO3/c1-11(2,3)12-10(14)15-9-6-4-5-8(13)7-9/h8-9,13H,4-7H2,1-3H3,(H,12,14)/t8-,9-/m1/s1. The van der Waals surface area contributed by atoms with Crippen molar-refractivity contribution >= 4 is 6.09 Å². The summed E-state index contributed by atoms with van der Waals surface area (Å²) in [6.07, 6.45) is 2.34. The highest BCUT2D eigenvalue weighted by molar-refractivity contribution is 5.68. The number of ether oxygens (including phenoxy) is 1. The second kappa shape index (κ2) is 4.84. The summed E-state index contributed by atoms with van der Waals surface area (Å²) in [6, 6.07) is 0. The molecule has 4 nitrogen and oxygen atoms in total. The Morgan fingerprint density at radius 3 is 2.60 bits per heavy atom. The van der Waals surface area contributed by atoms with Crippen molar-refractivity contribution in [1.29, 1.82) is 0 Å². The lowest BCUT2D eigenvalue weighted by molar-refractivity contribution is 0.0207. The minimum atomic E-state index is -0.387. The van der Waals surface area contributed by atoms with Crippen LogP contribution in [-0.2, 0) is 4.74 Å². The van der Waals surface area contributed by atoms with Crippen LogP contribution in [0.4, 0.5) is 4.79 Å². The van der Waals surface area contributed by atoms with E-state index >= 15 is 0 Å². The second-order valence-corrected chi connectivity index (χ2v) is 5.22. The molecule has 2 N–H and O–H groups in total. The third-order valence-electron chi connectivity index (χ3n) is 2.35. The fraction of sp³-hybridized carbons (Fsp3) is 0.909. The molecule has 1 aliphatic carbocycles. The van der Waals surface area contributed by atoms with E-state index in [9.17, 15) is 9.90 Å². The lowest BCUT2D eigenvalue weighted by Gasteiger charge is -2.27. The Kier molecular flexibility index (Phi) is 3.97. The maximum Gasteiger partial charge on any atom is 0.407 e. The maximum absolute atomic E-state index is 11.4. The summed E-state index contributed by atoms with van der Waals surface area (Å²) in [5.74, 6) is 0. The van der Waals surface area contributed by atoms with Gasteiger partial charge in [-0.25, -0.2) is 4.79 Å². The first kappa shape index (κ1) is 12.3. The number of carbonyl (C=O) groups excluding carboxylic acids is 1. The first-order valence-corrected chi connectivity index (χ1v) is 5.54. The highest BCUT2D eigenvalue weighted by Crippen LogP contribution is 2.21. The molecule has 0 aromatic heterocycles. The number of rotatable bonds is 1. The highest BCUT2D eigenvalue weighted by Gasteiger charge is 2.24. The molecule has 0 bridgehead atoms. The predicted molar refractivity (Wildman–Crippen MR) is 57.6 cm³/mol. The number of aliphatic hydroxyl groups is 1. The van der Waals surface area contributed by atoms with Gasteiger partial charge in [0, 0.05) is 12.0 Å². The molecular formula is C11H21NO3. The normalized spacial score (nSPS) is 27.2. The SMILES string of the molecule is CC(C)(C)NC(=O)O[C@@H]1CCC[C@@H](O)C1. The van der Waals surface area contributed by atoms with Gasteiger partial charge in [0.15, 0.2) is 0 Å². The quantitative estimate of drug-likeness (QED) is 0.701.